The van der Waals surface area contributed by atoms with Gasteiger partial charge in [0.2, 0.25) is 0 Å². The summed E-state index contributed by atoms with van der Waals surface area (Å²) in [5.74, 6) is 1.08. The first-order chi connectivity index (χ1) is 15.4. The zero-order valence-corrected chi connectivity index (χ0v) is 19.1. The number of hydrogen-bond donors (Lipinski definition) is 1. The van der Waals surface area contributed by atoms with Crippen molar-refractivity contribution in [3.8, 4) is 0 Å². The van der Waals surface area contributed by atoms with Crippen molar-refractivity contribution in [1.82, 2.24) is 14.9 Å². The Labute approximate surface area is 190 Å². The van der Waals surface area contributed by atoms with Crippen molar-refractivity contribution >= 4 is 11.7 Å². The first-order valence-electron chi connectivity index (χ1n) is 10.9. The van der Waals surface area contributed by atoms with Crippen LogP contribution >= 0.6 is 0 Å². The molecule has 1 aliphatic carbocycles. The molecule has 33 heavy (non-hydrogen) atoms. The number of aromatic nitrogens is 3. The van der Waals surface area contributed by atoms with E-state index in [-0.39, 0.29) is 17.7 Å². The smallest absolute Gasteiger partial charge is 0.360 e. The third-order valence-corrected chi connectivity index (χ3v) is 6.29. The van der Waals surface area contributed by atoms with Crippen LogP contribution in [0.5, 0.6) is 0 Å². The first kappa shape index (κ1) is 23.1. The highest BCUT2D eigenvalue weighted by Gasteiger charge is 2.34. The van der Waals surface area contributed by atoms with Crippen molar-refractivity contribution in [2.24, 2.45) is 11.3 Å². The van der Waals surface area contributed by atoms with Gasteiger partial charge in [0.25, 0.3) is 5.91 Å². The molecule has 4 rings (SSSR count). The van der Waals surface area contributed by atoms with Crippen LogP contribution in [0.2, 0.25) is 0 Å². The minimum absolute atomic E-state index is 0.113. The van der Waals surface area contributed by atoms with Crippen molar-refractivity contribution in [3.05, 3.63) is 64.2 Å². The summed E-state index contributed by atoms with van der Waals surface area (Å²) in [6.07, 6.45) is -1.93. The maximum Gasteiger partial charge on any atom is 0.416 e. The number of aryl methyl sites for hydroxylation is 2. The Balaban J connectivity index is 1.49. The topological polar surface area (TPSA) is 73.0 Å². The van der Waals surface area contributed by atoms with Crippen LogP contribution in [0.3, 0.4) is 0 Å². The maximum atomic E-state index is 13.0. The average Bonchev–Trinajstić information content (AvgIpc) is 3.29. The van der Waals surface area contributed by atoms with E-state index in [1.54, 1.807) is 23.7 Å². The van der Waals surface area contributed by atoms with Crippen LogP contribution in [0.15, 0.2) is 34.9 Å². The van der Waals surface area contributed by atoms with Crippen LogP contribution in [-0.4, -0.2) is 20.8 Å². The van der Waals surface area contributed by atoms with Gasteiger partial charge in [0.1, 0.15) is 5.76 Å². The van der Waals surface area contributed by atoms with Gasteiger partial charge in [-0.25, -0.2) is 0 Å². The second-order valence-corrected chi connectivity index (χ2v) is 9.72. The number of nitrogens with one attached hydrogen (secondary N) is 1. The fourth-order valence-corrected chi connectivity index (χ4v) is 4.25. The number of rotatable bonds is 4. The number of carbonyl (C=O) groups excluding carboxylic acids is 1. The van der Waals surface area contributed by atoms with Crippen molar-refractivity contribution in [2.75, 3.05) is 5.32 Å². The third kappa shape index (κ3) is 4.96. The van der Waals surface area contributed by atoms with Gasteiger partial charge >= 0.3 is 6.18 Å². The van der Waals surface area contributed by atoms with Gasteiger partial charge in [0.15, 0.2) is 11.5 Å². The van der Waals surface area contributed by atoms with E-state index < -0.39 is 17.6 Å². The lowest BCUT2D eigenvalue weighted by molar-refractivity contribution is -0.137. The molecule has 0 radical (unpaired) electrons. The lowest BCUT2D eigenvalue weighted by atomic mass is 9.71. The van der Waals surface area contributed by atoms with Crippen molar-refractivity contribution in [1.29, 1.82) is 0 Å². The van der Waals surface area contributed by atoms with Gasteiger partial charge in [-0.3, -0.25) is 9.48 Å². The molecular formula is C24H27F3N4O2. The fraction of sp³-hybridized carbons (Fsp3) is 0.458. The molecule has 2 aromatic heterocycles. The molecule has 0 saturated heterocycles. The summed E-state index contributed by atoms with van der Waals surface area (Å²) in [5, 5.41) is 11.1. The zero-order valence-electron chi connectivity index (χ0n) is 19.1. The SMILES string of the molecule is Cc1cc(NC(=O)c2noc3c2CC(C(C)(C)C)CC3)nn1Cc1cccc(C(F)(F)F)c1. The zero-order chi connectivity index (χ0) is 24.0. The molecule has 3 aromatic rings. The summed E-state index contributed by atoms with van der Waals surface area (Å²) in [6, 6.07) is 6.80. The number of anilines is 1. The van der Waals surface area contributed by atoms with E-state index in [0.29, 0.717) is 23.0 Å². The molecule has 0 aliphatic heterocycles. The van der Waals surface area contributed by atoms with Crippen LogP contribution in [0, 0.1) is 18.3 Å². The Morgan fingerprint density at radius 2 is 2.00 bits per heavy atom. The Bertz CT molecular complexity index is 1170. The molecule has 0 bridgehead atoms. The summed E-state index contributed by atoms with van der Waals surface area (Å²) < 4.78 is 46.0. The standard InChI is InChI=1S/C24H27F3N4O2/c1-14-10-20(29-31(14)13-15-6-5-7-17(11-15)24(25,26)27)28-22(32)21-18-12-16(23(2,3)4)8-9-19(18)33-30-21/h5-7,10-11,16H,8-9,12-13H2,1-4H3,(H,28,29,32). The molecule has 9 heteroatoms. The minimum atomic E-state index is -4.41. The van der Waals surface area contributed by atoms with E-state index in [4.69, 9.17) is 4.52 Å². The number of benzene rings is 1. The van der Waals surface area contributed by atoms with Gasteiger partial charge < -0.3 is 9.84 Å². The molecule has 2 heterocycles. The van der Waals surface area contributed by atoms with E-state index in [2.05, 4.69) is 36.3 Å². The van der Waals surface area contributed by atoms with Gasteiger partial charge in [0, 0.05) is 23.7 Å². The molecular weight excluding hydrogens is 433 g/mol. The quantitative estimate of drug-likeness (QED) is 0.546. The van der Waals surface area contributed by atoms with Crippen molar-refractivity contribution in [3.63, 3.8) is 0 Å². The molecule has 0 fully saturated rings. The minimum Gasteiger partial charge on any atom is -0.360 e. The summed E-state index contributed by atoms with van der Waals surface area (Å²) in [6.45, 7) is 8.50. The third-order valence-electron chi connectivity index (χ3n) is 6.29. The Kier molecular flexibility index (Phi) is 5.84. The van der Waals surface area contributed by atoms with Gasteiger partial charge in [0.05, 0.1) is 12.1 Å². The number of carbonyl (C=O) groups is 1. The molecule has 6 nitrogen and oxygen atoms in total. The van der Waals surface area contributed by atoms with Gasteiger partial charge in [-0.15, -0.1) is 0 Å². The lowest BCUT2D eigenvalue weighted by Crippen LogP contribution is -2.27. The predicted molar refractivity (Wildman–Crippen MR) is 117 cm³/mol. The number of halogens is 3. The largest absolute Gasteiger partial charge is 0.416 e. The predicted octanol–water partition coefficient (Wildman–Crippen LogP) is 5.65. The molecule has 1 atom stereocenters. The molecule has 1 amide bonds. The number of amides is 1. The second-order valence-electron chi connectivity index (χ2n) is 9.72. The maximum absolute atomic E-state index is 13.0. The molecule has 0 spiro atoms. The molecule has 1 aromatic carbocycles. The fourth-order valence-electron chi connectivity index (χ4n) is 4.25. The highest BCUT2D eigenvalue weighted by Crippen LogP contribution is 2.38. The first-order valence-corrected chi connectivity index (χ1v) is 10.9. The summed E-state index contributed by atoms with van der Waals surface area (Å²) >= 11 is 0. The lowest BCUT2D eigenvalue weighted by Gasteiger charge is -2.33. The van der Waals surface area contributed by atoms with E-state index in [0.717, 1.165) is 42.7 Å². The summed E-state index contributed by atoms with van der Waals surface area (Å²) in [4.78, 5) is 12.9. The van der Waals surface area contributed by atoms with Crippen LogP contribution in [0.4, 0.5) is 19.0 Å². The number of nitrogens with zero attached hydrogens (tertiary/aromatic N) is 3. The second kappa shape index (κ2) is 8.35. The number of fused-ring (bicyclic) bond motifs is 1. The van der Waals surface area contributed by atoms with E-state index in [9.17, 15) is 18.0 Å². The highest BCUT2D eigenvalue weighted by atomic mass is 19.4. The van der Waals surface area contributed by atoms with Gasteiger partial charge in [-0.05, 0) is 48.8 Å². The van der Waals surface area contributed by atoms with Crippen molar-refractivity contribution < 1.29 is 22.5 Å². The highest BCUT2D eigenvalue weighted by molar-refractivity contribution is 6.03. The molecule has 176 valence electrons. The van der Waals surface area contributed by atoms with Crippen molar-refractivity contribution in [2.45, 2.75) is 59.7 Å². The van der Waals surface area contributed by atoms with Crippen LogP contribution in [0.1, 0.15) is 65.8 Å². The summed E-state index contributed by atoms with van der Waals surface area (Å²) in [7, 11) is 0. The Morgan fingerprint density at radius 1 is 1.24 bits per heavy atom. The summed E-state index contributed by atoms with van der Waals surface area (Å²) in [5.41, 5.74) is 1.69. The van der Waals surface area contributed by atoms with Crippen LogP contribution in [-0.2, 0) is 25.6 Å². The monoisotopic (exact) mass is 460 g/mol. The van der Waals surface area contributed by atoms with E-state index >= 15 is 0 Å². The molecule has 1 N–H and O–H groups in total. The molecule has 1 unspecified atom stereocenters. The van der Waals surface area contributed by atoms with Crippen LogP contribution < -0.4 is 5.32 Å². The normalized spacial score (nSPS) is 16.5. The van der Waals surface area contributed by atoms with Gasteiger partial charge in [-0.1, -0.05) is 38.1 Å². The molecule has 0 saturated carbocycles. The Hall–Kier alpha value is -3.10. The van der Waals surface area contributed by atoms with E-state index in [1.165, 1.54) is 6.07 Å². The van der Waals surface area contributed by atoms with Gasteiger partial charge in [-0.2, -0.15) is 18.3 Å². The number of hydrogen-bond acceptors (Lipinski definition) is 4. The molecule has 1 aliphatic rings. The van der Waals surface area contributed by atoms with E-state index in [1.807, 2.05) is 0 Å². The Morgan fingerprint density at radius 3 is 2.70 bits per heavy atom. The number of alkyl halides is 3. The van der Waals surface area contributed by atoms with Crippen LogP contribution in [0.25, 0.3) is 0 Å². The average molecular weight is 461 g/mol.